The second kappa shape index (κ2) is 3.33. The summed E-state index contributed by atoms with van der Waals surface area (Å²) in [6.07, 6.45) is 0. The fourth-order valence-corrected chi connectivity index (χ4v) is 1.25. The van der Waals surface area contributed by atoms with E-state index in [-0.39, 0.29) is 5.69 Å². The van der Waals surface area contributed by atoms with E-state index in [1.807, 2.05) is 0 Å². The first kappa shape index (κ1) is 9.98. The molecule has 0 aliphatic heterocycles. The van der Waals surface area contributed by atoms with Gasteiger partial charge in [-0.1, -0.05) is 0 Å². The third-order valence-corrected chi connectivity index (χ3v) is 1.85. The molecule has 1 rings (SSSR count). The van der Waals surface area contributed by atoms with Crippen LogP contribution in [0.2, 0.25) is 0 Å². The molecule has 0 radical (unpaired) electrons. The summed E-state index contributed by atoms with van der Waals surface area (Å²) in [4.78, 5) is 15.2. The lowest BCUT2D eigenvalue weighted by Gasteiger charge is -2.18. The van der Waals surface area contributed by atoms with Crippen molar-refractivity contribution in [1.29, 1.82) is 0 Å². The van der Waals surface area contributed by atoms with E-state index >= 15 is 0 Å². The lowest BCUT2D eigenvalue weighted by atomic mass is 10.2. The molecule has 72 valence electrons. The molecule has 13 heavy (non-hydrogen) atoms. The normalized spacial score (nSPS) is 11.3. The Labute approximate surface area is 80.7 Å². The Kier molecular flexibility index (Phi) is 2.56. The molecule has 1 aromatic heterocycles. The second-order valence-electron chi connectivity index (χ2n) is 3.57. The molecule has 1 aromatic rings. The third kappa shape index (κ3) is 2.69. The van der Waals surface area contributed by atoms with Gasteiger partial charge in [-0.2, -0.15) is 0 Å². The van der Waals surface area contributed by atoms with Crippen molar-refractivity contribution < 1.29 is 9.53 Å². The highest BCUT2D eigenvalue weighted by molar-refractivity contribution is 7.14. The first-order valence-electron chi connectivity index (χ1n) is 3.82. The maximum atomic E-state index is 11.4. The van der Waals surface area contributed by atoms with Crippen LogP contribution in [0.25, 0.3) is 0 Å². The van der Waals surface area contributed by atoms with Crippen molar-refractivity contribution in [3.8, 4) is 0 Å². The molecule has 0 amide bonds. The van der Waals surface area contributed by atoms with Crippen LogP contribution in [0.4, 0.5) is 5.00 Å². The van der Waals surface area contributed by atoms with Gasteiger partial charge in [-0.3, -0.25) is 0 Å². The maximum absolute atomic E-state index is 11.4. The number of nitrogens with zero attached hydrogens (tertiary/aromatic N) is 1. The van der Waals surface area contributed by atoms with Gasteiger partial charge in [-0.05, 0) is 20.8 Å². The van der Waals surface area contributed by atoms with Gasteiger partial charge in [-0.25, -0.2) is 9.78 Å². The Hall–Kier alpha value is -1.10. The number of hydrogen-bond donors (Lipinski definition) is 1. The number of esters is 1. The summed E-state index contributed by atoms with van der Waals surface area (Å²) in [6, 6.07) is 0. The zero-order valence-corrected chi connectivity index (χ0v) is 8.64. The van der Waals surface area contributed by atoms with Crippen LogP contribution in [0, 0.1) is 0 Å². The minimum absolute atomic E-state index is 0.208. The Morgan fingerprint density at radius 1 is 1.62 bits per heavy atom. The number of thiazole rings is 1. The summed E-state index contributed by atoms with van der Waals surface area (Å²) in [5, 5.41) is 0.397. The maximum Gasteiger partial charge on any atom is 0.360 e. The molecule has 0 aliphatic carbocycles. The molecule has 5 heteroatoms. The molecule has 0 fully saturated rings. The van der Waals surface area contributed by atoms with Gasteiger partial charge in [0.1, 0.15) is 10.6 Å². The van der Waals surface area contributed by atoms with Crippen LogP contribution in [0.3, 0.4) is 0 Å². The molecule has 4 nitrogen and oxygen atoms in total. The number of nitrogen functional groups attached to an aromatic ring is 1. The molecule has 0 bridgehead atoms. The SMILES string of the molecule is CC(C)(C)OC(=O)c1ncsc1N. The summed E-state index contributed by atoms with van der Waals surface area (Å²) < 4.78 is 5.09. The lowest BCUT2D eigenvalue weighted by molar-refractivity contribution is 0.00650. The molecule has 0 saturated heterocycles. The highest BCUT2D eigenvalue weighted by Crippen LogP contribution is 2.19. The van der Waals surface area contributed by atoms with Crippen molar-refractivity contribution in [2.24, 2.45) is 0 Å². The van der Waals surface area contributed by atoms with Gasteiger partial charge in [-0.15, -0.1) is 11.3 Å². The number of hydrogen-bond acceptors (Lipinski definition) is 5. The second-order valence-corrected chi connectivity index (χ2v) is 4.45. The Bertz CT molecular complexity index is 314. The number of carbonyl (C=O) groups is 1. The van der Waals surface area contributed by atoms with Crippen molar-refractivity contribution in [3.63, 3.8) is 0 Å². The van der Waals surface area contributed by atoms with Crippen molar-refractivity contribution >= 4 is 22.3 Å². The predicted molar refractivity (Wildman–Crippen MR) is 51.7 cm³/mol. The Morgan fingerprint density at radius 3 is 2.62 bits per heavy atom. The number of aromatic nitrogens is 1. The van der Waals surface area contributed by atoms with Crippen molar-refractivity contribution in [2.45, 2.75) is 26.4 Å². The van der Waals surface area contributed by atoms with Gasteiger partial charge in [0.05, 0.1) is 5.51 Å². The van der Waals surface area contributed by atoms with Crippen LogP contribution in [-0.2, 0) is 4.74 Å². The zero-order valence-electron chi connectivity index (χ0n) is 7.83. The fraction of sp³-hybridized carbons (Fsp3) is 0.500. The minimum atomic E-state index is -0.507. The monoisotopic (exact) mass is 200 g/mol. The van der Waals surface area contributed by atoms with E-state index in [1.165, 1.54) is 16.8 Å². The highest BCUT2D eigenvalue weighted by atomic mass is 32.1. The highest BCUT2D eigenvalue weighted by Gasteiger charge is 2.21. The van der Waals surface area contributed by atoms with Gasteiger partial charge < -0.3 is 10.5 Å². The molecule has 0 spiro atoms. The summed E-state index contributed by atoms with van der Waals surface area (Å²) in [7, 11) is 0. The third-order valence-electron chi connectivity index (χ3n) is 1.19. The number of ether oxygens (including phenoxy) is 1. The summed E-state index contributed by atoms with van der Waals surface area (Å²) in [5.41, 5.74) is 6.74. The van der Waals surface area contributed by atoms with E-state index < -0.39 is 11.6 Å². The summed E-state index contributed by atoms with van der Waals surface area (Å²) >= 11 is 1.22. The van der Waals surface area contributed by atoms with Crippen molar-refractivity contribution in [2.75, 3.05) is 5.73 Å². The van der Waals surface area contributed by atoms with E-state index in [4.69, 9.17) is 10.5 Å². The topological polar surface area (TPSA) is 65.2 Å². The molecule has 0 saturated carbocycles. The molecule has 0 unspecified atom stereocenters. The van der Waals surface area contributed by atoms with Crippen LogP contribution in [0.1, 0.15) is 31.3 Å². The first-order chi connectivity index (χ1) is 5.90. The lowest BCUT2D eigenvalue weighted by Crippen LogP contribution is -2.24. The van der Waals surface area contributed by atoms with Gasteiger partial charge in [0.2, 0.25) is 0 Å². The van der Waals surface area contributed by atoms with Gasteiger partial charge >= 0.3 is 5.97 Å². The zero-order chi connectivity index (χ0) is 10.1. The molecule has 1 heterocycles. The van der Waals surface area contributed by atoms with E-state index in [9.17, 15) is 4.79 Å². The Balaban J connectivity index is 2.76. The number of nitrogens with two attached hydrogens (primary N) is 1. The fourth-order valence-electron chi connectivity index (χ4n) is 0.735. The van der Waals surface area contributed by atoms with Gasteiger partial charge in [0.15, 0.2) is 5.69 Å². The van der Waals surface area contributed by atoms with Crippen molar-refractivity contribution in [1.82, 2.24) is 4.98 Å². The van der Waals surface area contributed by atoms with E-state index in [0.717, 1.165) is 0 Å². The van der Waals surface area contributed by atoms with E-state index in [1.54, 1.807) is 20.8 Å². The molecule has 0 aromatic carbocycles. The average molecular weight is 200 g/mol. The number of rotatable bonds is 1. The number of anilines is 1. The molecular weight excluding hydrogens is 188 g/mol. The van der Waals surface area contributed by atoms with Crippen LogP contribution in [0.15, 0.2) is 5.51 Å². The van der Waals surface area contributed by atoms with Crippen molar-refractivity contribution in [3.05, 3.63) is 11.2 Å². The molecular formula is C8H12N2O2S. The number of carbonyl (C=O) groups excluding carboxylic acids is 1. The van der Waals surface area contributed by atoms with Crippen LogP contribution in [0.5, 0.6) is 0 Å². The molecule has 2 N–H and O–H groups in total. The summed E-state index contributed by atoms with van der Waals surface area (Å²) in [6.45, 7) is 5.40. The standard InChI is InChI=1S/C8H12N2O2S/c1-8(2,3)12-7(11)5-6(9)13-4-10-5/h4H,9H2,1-3H3. The molecule has 0 aliphatic rings. The van der Waals surface area contributed by atoms with E-state index in [2.05, 4.69) is 4.98 Å². The van der Waals surface area contributed by atoms with E-state index in [0.29, 0.717) is 5.00 Å². The van der Waals surface area contributed by atoms with Gasteiger partial charge in [0.25, 0.3) is 0 Å². The quantitative estimate of drug-likeness (QED) is 0.700. The molecule has 0 atom stereocenters. The van der Waals surface area contributed by atoms with Crippen LogP contribution in [-0.4, -0.2) is 16.6 Å². The summed E-state index contributed by atoms with van der Waals surface area (Å²) in [5.74, 6) is -0.466. The average Bonchev–Trinajstić information content (AvgIpc) is 2.30. The Morgan fingerprint density at radius 2 is 2.23 bits per heavy atom. The smallest absolute Gasteiger partial charge is 0.360 e. The van der Waals surface area contributed by atoms with Crippen LogP contribution >= 0.6 is 11.3 Å². The van der Waals surface area contributed by atoms with Gasteiger partial charge in [0, 0.05) is 0 Å². The van der Waals surface area contributed by atoms with Crippen LogP contribution < -0.4 is 5.73 Å². The minimum Gasteiger partial charge on any atom is -0.455 e. The largest absolute Gasteiger partial charge is 0.455 e. The predicted octanol–water partition coefficient (Wildman–Crippen LogP) is 1.68. The first-order valence-corrected chi connectivity index (χ1v) is 4.70.